The van der Waals surface area contributed by atoms with E-state index < -0.39 is 17.7 Å². The van der Waals surface area contributed by atoms with Gasteiger partial charge in [-0.15, -0.1) is 0 Å². The highest BCUT2D eigenvalue weighted by molar-refractivity contribution is 9.10. The molecule has 0 aliphatic rings. The van der Waals surface area contributed by atoms with E-state index in [2.05, 4.69) is 15.9 Å². The summed E-state index contributed by atoms with van der Waals surface area (Å²) in [6.45, 7) is 1.88. The Morgan fingerprint density at radius 1 is 0.944 bits per heavy atom. The lowest BCUT2D eigenvalue weighted by Crippen LogP contribution is -2.01. The number of benzene rings is 2. The van der Waals surface area contributed by atoms with Crippen LogP contribution in [-0.2, 0) is 0 Å². The molecule has 0 spiro atoms. The van der Waals surface area contributed by atoms with Crippen molar-refractivity contribution >= 4 is 15.9 Å². The lowest BCUT2D eigenvalue weighted by molar-refractivity contribution is 0.219. The minimum atomic E-state index is -1.05. The van der Waals surface area contributed by atoms with Crippen LogP contribution in [-0.4, -0.2) is 5.11 Å². The van der Waals surface area contributed by atoms with Crippen LogP contribution < -0.4 is 0 Å². The molecule has 0 bridgehead atoms. The van der Waals surface area contributed by atoms with Crippen molar-refractivity contribution in [2.24, 2.45) is 0 Å². The fourth-order valence-corrected chi connectivity index (χ4v) is 2.47. The Bertz CT molecular complexity index is 492. The van der Waals surface area contributed by atoms with Crippen molar-refractivity contribution in [2.75, 3.05) is 0 Å². The second-order valence-corrected chi connectivity index (χ2v) is 5.08. The van der Waals surface area contributed by atoms with Crippen LogP contribution in [0.2, 0.25) is 0 Å². The minimum Gasteiger partial charge on any atom is -0.384 e. The number of aryl methyl sites for hydroxylation is 1. The van der Waals surface area contributed by atoms with Gasteiger partial charge in [-0.05, 0) is 47.9 Å². The first kappa shape index (κ1) is 13.2. The molecule has 2 rings (SSSR count). The molecule has 0 saturated carbocycles. The number of halogens is 3. The van der Waals surface area contributed by atoms with Gasteiger partial charge in [0.15, 0.2) is 0 Å². The monoisotopic (exact) mass is 312 g/mol. The van der Waals surface area contributed by atoms with Crippen molar-refractivity contribution in [1.82, 2.24) is 0 Å². The minimum absolute atomic E-state index is 0.199. The molecule has 2 aromatic rings. The fourth-order valence-electron chi connectivity index (χ4n) is 1.85. The molecule has 0 amide bonds. The normalized spacial score (nSPS) is 12.5. The van der Waals surface area contributed by atoms with E-state index >= 15 is 0 Å². The first-order valence-electron chi connectivity index (χ1n) is 5.37. The molecule has 0 aliphatic heterocycles. The second-order valence-electron chi connectivity index (χ2n) is 4.17. The Morgan fingerprint density at radius 3 is 2.06 bits per heavy atom. The molecule has 0 aliphatic carbocycles. The highest BCUT2D eigenvalue weighted by Gasteiger charge is 2.13. The molecule has 0 aromatic heterocycles. The average Bonchev–Trinajstić information content (AvgIpc) is 2.25. The van der Waals surface area contributed by atoms with Crippen LogP contribution in [0.4, 0.5) is 8.78 Å². The van der Waals surface area contributed by atoms with E-state index in [1.165, 1.54) is 0 Å². The third-order valence-corrected chi connectivity index (χ3v) is 3.04. The third-order valence-electron chi connectivity index (χ3n) is 2.58. The summed E-state index contributed by atoms with van der Waals surface area (Å²) in [5, 5.41) is 10.1. The van der Waals surface area contributed by atoms with Crippen LogP contribution >= 0.6 is 15.9 Å². The summed E-state index contributed by atoms with van der Waals surface area (Å²) in [7, 11) is 0. The van der Waals surface area contributed by atoms with Crippen molar-refractivity contribution < 1.29 is 13.9 Å². The molecule has 1 unspecified atom stereocenters. The lowest BCUT2D eigenvalue weighted by atomic mass is 10.00. The molecule has 0 radical (unpaired) electrons. The fraction of sp³-hybridized carbons (Fsp3) is 0.143. The highest BCUT2D eigenvalue weighted by atomic mass is 79.9. The summed E-state index contributed by atoms with van der Waals surface area (Å²) < 4.78 is 27.0. The molecule has 94 valence electrons. The standard InChI is InChI=1S/C14H11BrF2O/c1-8-2-9(4-11(15)3-8)14(18)10-5-12(16)7-13(17)6-10/h2-7,14,18H,1H3. The second kappa shape index (κ2) is 5.16. The van der Waals surface area contributed by atoms with Crippen molar-refractivity contribution in [2.45, 2.75) is 13.0 Å². The van der Waals surface area contributed by atoms with Crippen LogP contribution in [0, 0.1) is 18.6 Å². The van der Waals surface area contributed by atoms with Gasteiger partial charge in [-0.1, -0.05) is 22.0 Å². The van der Waals surface area contributed by atoms with Crippen LogP contribution in [0.25, 0.3) is 0 Å². The van der Waals surface area contributed by atoms with Crippen LogP contribution in [0.5, 0.6) is 0 Å². The molecule has 4 heteroatoms. The molecule has 0 heterocycles. The molecule has 18 heavy (non-hydrogen) atoms. The van der Waals surface area contributed by atoms with Crippen LogP contribution in [0.1, 0.15) is 22.8 Å². The van der Waals surface area contributed by atoms with Gasteiger partial charge in [-0.2, -0.15) is 0 Å². The number of aliphatic hydroxyl groups excluding tert-OH is 1. The van der Waals surface area contributed by atoms with Crippen molar-refractivity contribution in [3.63, 3.8) is 0 Å². The summed E-state index contributed by atoms with van der Waals surface area (Å²) >= 11 is 3.32. The maximum Gasteiger partial charge on any atom is 0.126 e. The molecule has 1 nitrogen and oxygen atoms in total. The summed E-state index contributed by atoms with van der Waals surface area (Å²) in [6.07, 6.45) is -1.05. The molecule has 2 aromatic carbocycles. The molecule has 1 N–H and O–H groups in total. The number of hydrogen-bond donors (Lipinski definition) is 1. The van der Waals surface area contributed by atoms with Crippen LogP contribution in [0.3, 0.4) is 0 Å². The van der Waals surface area contributed by atoms with E-state index in [1.54, 1.807) is 12.1 Å². The van der Waals surface area contributed by atoms with Gasteiger partial charge in [0.05, 0.1) is 0 Å². The van der Waals surface area contributed by atoms with E-state index in [-0.39, 0.29) is 5.56 Å². The first-order valence-corrected chi connectivity index (χ1v) is 6.16. The van der Waals surface area contributed by atoms with E-state index in [0.29, 0.717) is 5.56 Å². The van der Waals surface area contributed by atoms with Crippen molar-refractivity contribution in [3.8, 4) is 0 Å². The predicted octanol–water partition coefficient (Wildman–Crippen LogP) is 4.12. The summed E-state index contributed by atoms with van der Waals surface area (Å²) in [6, 6.07) is 8.43. The van der Waals surface area contributed by atoms with Gasteiger partial charge < -0.3 is 5.11 Å². The van der Waals surface area contributed by atoms with Gasteiger partial charge in [0.25, 0.3) is 0 Å². The number of aliphatic hydroxyl groups is 1. The average molecular weight is 313 g/mol. The zero-order valence-corrected chi connectivity index (χ0v) is 11.2. The third kappa shape index (κ3) is 2.94. The van der Waals surface area contributed by atoms with Gasteiger partial charge in [0.1, 0.15) is 17.7 Å². The largest absolute Gasteiger partial charge is 0.384 e. The summed E-state index contributed by atoms with van der Waals surface area (Å²) in [5.74, 6) is -1.40. The van der Waals surface area contributed by atoms with Gasteiger partial charge in [-0.3, -0.25) is 0 Å². The summed E-state index contributed by atoms with van der Waals surface area (Å²) in [4.78, 5) is 0. The van der Waals surface area contributed by atoms with Crippen molar-refractivity contribution in [3.05, 3.63) is 69.2 Å². The smallest absolute Gasteiger partial charge is 0.126 e. The molecular weight excluding hydrogens is 302 g/mol. The number of rotatable bonds is 2. The SMILES string of the molecule is Cc1cc(Br)cc(C(O)c2cc(F)cc(F)c2)c1. The molecule has 1 atom stereocenters. The number of hydrogen-bond acceptors (Lipinski definition) is 1. The molecule has 0 fully saturated rings. The first-order chi connectivity index (χ1) is 8.45. The Morgan fingerprint density at radius 2 is 1.50 bits per heavy atom. The maximum absolute atomic E-state index is 13.1. The van der Waals surface area contributed by atoms with Gasteiger partial charge >= 0.3 is 0 Å². The topological polar surface area (TPSA) is 20.2 Å². The summed E-state index contributed by atoms with van der Waals surface area (Å²) in [5.41, 5.74) is 1.74. The van der Waals surface area contributed by atoms with Gasteiger partial charge in [0.2, 0.25) is 0 Å². The Kier molecular flexibility index (Phi) is 3.78. The van der Waals surface area contributed by atoms with E-state index in [1.807, 2.05) is 13.0 Å². The highest BCUT2D eigenvalue weighted by Crippen LogP contribution is 2.26. The molecule has 0 saturated heterocycles. The maximum atomic E-state index is 13.1. The van der Waals surface area contributed by atoms with Crippen molar-refractivity contribution in [1.29, 1.82) is 0 Å². The molecular formula is C14H11BrF2O. The zero-order chi connectivity index (χ0) is 13.3. The van der Waals surface area contributed by atoms with Crippen LogP contribution in [0.15, 0.2) is 40.9 Å². The quantitative estimate of drug-likeness (QED) is 0.884. The zero-order valence-electron chi connectivity index (χ0n) is 9.62. The lowest BCUT2D eigenvalue weighted by Gasteiger charge is -2.13. The van der Waals surface area contributed by atoms with E-state index in [9.17, 15) is 13.9 Å². The van der Waals surface area contributed by atoms with E-state index in [4.69, 9.17) is 0 Å². The van der Waals surface area contributed by atoms with Gasteiger partial charge in [-0.25, -0.2) is 8.78 Å². The predicted molar refractivity (Wildman–Crippen MR) is 69.3 cm³/mol. The van der Waals surface area contributed by atoms with Gasteiger partial charge in [0, 0.05) is 10.5 Å². The Labute approximate surface area is 112 Å². The Balaban J connectivity index is 2.43. The van der Waals surface area contributed by atoms with E-state index in [0.717, 1.165) is 28.2 Å². The Hall–Kier alpha value is -1.26.